The van der Waals surface area contributed by atoms with E-state index >= 15 is 0 Å². The minimum atomic E-state index is 0.168. The van der Waals surface area contributed by atoms with Crippen LogP contribution in [0.3, 0.4) is 0 Å². The Hall–Kier alpha value is -0.310. The molecule has 3 heteroatoms. The van der Waals surface area contributed by atoms with Crippen molar-refractivity contribution in [1.82, 2.24) is 5.32 Å². The summed E-state index contributed by atoms with van der Waals surface area (Å²) in [7, 11) is 0. The third-order valence-electron chi connectivity index (χ3n) is 2.23. The number of rotatable bonds is 4. The van der Waals surface area contributed by atoms with E-state index in [2.05, 4.69) is 39.1 Å². The van der Waals surface area contributed by atoms with E-state index in [9.17, 15) is 0 Å². The van der Waals surface area contributed by atoms with E-state index in [0.717, 1.165) is 18.0 Å². The van der Waals surface area contributed by atoms with Gasteiger partial charge in [0.05, 0.1) is 5.02 Å². The molecule has 0 saturated carbocycles. The van der Waals surface area contributed by atoms with Gasteiger partial charge in [0.15, 0.2) is 0 Å². The fourth-order valence-electron chi connectivity index (χ4n) is 1.26. The molecule has 1 heterocycles. The molecule has 1 rings (SSSR count). The van der Waals surface area contributed by atoms with Crippen LogP contribution in [0.1, 0.15) is 39.0 Å². The van der Waals surface area contributed by atoms with Crippen LogP contribution in [0.2, 0.25) is 5.02 Å². The van der Waals surface area contributed by atoms with Gasteiger partial charge in [0.1, 0.15) is 0 Å². The monoisotopic (exact) mass is 257 g/mol. The summed E-state index contributed by atoms with van der Waals surface area (Å²) in [6, 6.07) is 2.01. The Morgan fingerprint density at radius 3 is 2.62 bits per heavy atom. The van der Waals surface area contributed by atoms with Gasteiger partial charge in [0.2, 0.25) is 0 Å². The second-order valence-electron chi connectivity index (χ2n) is 4.93. The predicted molar refractivity (Wildman–Crippen MR) is 75.4 cm³/mol. The Kier molecular flexibility index (Phi) is 5.03. The van der Waals surface area contributed by atoms with E-state index < -0.39 is 0 Å². The first-order chi connectivity index (χ1) is 7.40. The van der Waals surface area contributed by atoms with Crippen molar-refractivity contribution in [1.29, 1.82) is 0 Å². The maximum absolute atomic E-state index is 5.90. The van der Waals surface area contributed by atoms with Crippen LogP contribution in [0.25, 0.3) is 6.08 Å². The number of thiophene rings is 1. The van der Waals surface area contributed by atoms with Crippen molar-refractivity contribution < 1.29 is 0 Å². The molecule has 0 unspecified atom stereocenters. The molecular weight excluding hydrogens is 238 g/mol. The van der Waals surface area contributed by atoms with Gasteiger partial charge in [-0.3, -0.25) is 0 Å². The van der Waals surface area contributed by atoms with Gasteiger partial charge < -0.3 is 5.32 Å². The third-order valence-corrected chi connectivity index (χ3v) is 3.46. The quantitative estimate of drug-likeness (QED) is 0.832. The predicted octanol–water partition coefficient (Wildman–Crippen LogP) is 4.58. The SMILES string of the molecule is CCC(=Cc1cc(Cl)cs1)CNC(C)(C)C. The molecule has 0 aliphatic rings. The first kappa shape index (κ1) is 13.8. The summed E-state index contributed by atoms with van der Waals surface area (Å²) < 4.78 is 0. The van der Waals surface area contributed by atoms with Crippen molar-refractivity contribution in [3.05, 3.63) is 26.9 Å². The fraction of sp³-hybridized carbons (Fsp3) is 0.538. The zero-order chi connectivity index (χ0) is 12.2. The van der Waals surface area contributed by atoms with Crippen molar-refractivity contribution in [3.8, 4) is 0 Å². The maximum atomic E-state index is 5.90. The molecule has 1 nitrogen and oxygen atoms in total. The minimum Gasteiger partial charge on any atom is -0.308 e. The van der Waals surface area contributed by atoms with Gasteiger partial charge in [-0.1, -0.05) is 24.1 Å². The first-order valence-electron chi connectivity index (χ1n) is 5.59. The highest BCUT2D eigenvalue weighted by atomic mass is 35.5. The molecule has 1 aromatic rings. The lowest BCUT2D eigenvalue weighted by molar-refractivity contribution is 0.443. The number of hydrogen-bond acceptors (Lipinski definition) is 2. The molecule has 0 saturated heterocycles. The van der Waals surface area contributed by atoms with Gasteiger partial charge in [-0.2, -0.15) is 0 Å². The van der Waals surface area contributed by atoms with Crippen LogP contribution in [-0.2, 0) is 0 Å². The lowest BCUT2D eigenvalue weighted by atomic mass is 10.1. The van der Waals surface area contributed by atoms with Gasteiger partial charge in [0, 0.05) is 22.3 Å². The molecule has 0 amide bonds. The number of halogens is 1. The summed E-state index contributed by atoms with van der Waals surface area (Å²) in [5.74, 6) is 0. The van der Waals surface area contributed by atoms with E-state index in [4.69, 9.17) is 11.6 Å². The van der Waals surface area contributed by atoms with Crippen LogP contribution >= 0.6 is 22.9 Å². The summed E-state index contributed by atoms with van der Waals surface area (Å²) >= 11 is 7.59. The van der Waals surface area contributed by atoms with E-state index in [-0.39, 0.29) is 5.54 Å². The third kappa shape index (κ3) is 5.15. The Balaban J connectivity index is 2.64. The highest BCUT2D eigenvalue weighted by Gasteiger charge is 2.08. The molecule has 0 aliphatic heterocycles. The van der Waals surface area contributed by atoms with Gasteiger partial charge in [-0.25, -0.2) is 0 Å². The zero-order valence-corrected chi connectivity index (χ0v) is 12.0. The summed E-state index contributed by atoms with van der Waals surface area (Å²) in [5.41, 5.74) is 1.58. The lowest BCUT2D eigenvalue weighted by Crippen LogP contribution is -2.36. The molecule has 0 aromatic carbocycles. The van der Waals surface area contributed by atoms with E-state index in [0.29, 0.717) is 0 Å². The summed E-state index contributed by atoms with van der Waals surface area (Å²) in [6.07, 6.45) is 3.30. The Labute approximate surface area is 108 Å². The highest BCUT2D eigenvalue weighted by molar-refractivity contribution is 7.11. The molecule has 0 radical (unpaired) electrons. The van der Waals surface area contributed by atoms with Crippen LogP contribution in [0.4, 0.5) is 0 Å². The minimum absolute atomic E-state index is 0.168. The zero-order valence-electron chi connectivity index (χ0n) is 10.4. The maximum Gasteiger partial charge on any atom is 0.0519 e. The molecule has 1 N–H and O–H groups in total. The van der Waals surface area contributed by atoms with Gasteiger partial charge in [0.25, 0.3) is 0 Å². The second kappa shape index (κ2) is 5.85. The molecule has 0 atom stereocenters. The van der Waals surface area contributed by atoms with E-state index in [1.165, 1.54) is 10.5 Å². The van der Waals surface area contributed by atoms with Crippen LogP contribution in [0, 0.1) is 0 Å². The van der Waals surface area contributed by atoms with Crippen molar-refractivity contribution in [3.63, 3.8) is 0 Å². The lowest BCUT2D eigenvalue weighted by Gasteiger charge is -2.21. The molecule has 0 bridgehead atoms. The van der Waals surface area contributed by atoms with Gasteiger partial charge in [-0.15, -0.1) is 11.3 Å². The van der Waals surface area contributed by atoms with Gasteiger partial charge in [-0.05, 0) is 39.3 Å². The average molecular weight is 258 g/mol. The fourth-order valence-corrected chi connectivity index (χ4v) is 2.32. The molecule has 90 valence electrons. The second-order valence-corrected chi connectivity index (χ2v) is 6.31. The summed E-state index contributed by atoms with van der Waals surface area (Å²) in [4.78, 5) is 1.23. The van der Waals surface area contributed by atoms with E-state index in [1.54, 1.807) is 11.3 Å². The summed E-state index contributed by atoms with van der Waals surface area (Å²) in [6.45, 7) is 9.67. The van der Waals surface area contributed by atoms with Crippen molar-refractivity contribution in [2.24, 2.45) is 0 Å². The largest absolute Gasteiger partial charge is 0.308 e. The van der Waals surface area contributed by atoms with Crippen LogP contribution < -0.4 is 5.32 Å². The van der Waals surface area contributed by atoms with Crippen molar-refractivity contribution >= 4 is 29.0 Å². The van der Waals surface area contributed by atoms with Crippen molar-refractivity contribution in [2.75, 3.05) is 6.54 Å². The smallest absolute Gasteiger partial charge is 0.0519 e. The molecule has 0 aliphatic carbocycles. The molecule has 0 fully saturated rings. The Bertz CT molecular complexity index is 360. The topological polar surface area (TPSA) is 12.0 Å². The van der Waals surface area contributed by atoms with Gasteiger partial charge >= 0.3 is 0 Å². The standard InChI is InChI=1S/C13H20ClNS/c1-5-10(8-15-13(2,3)4)6-12-7-11(14)9-16-12/h6-7,9,15H,5,8H2,1-4H3. The number of hydrogen-bond donors (Lipinski definition) is 1. The summed E-state index contributed by atoms with van der Waals surface area (Å²) in [5, 5.41) is 6.30. The molecule has 1 aromatic heterocycles. The van der Waals surface area contributed by atoms with Crippen LogP contribution in [-0.4, -0.2) is 12.1 Å². The van der Waals surface area contributed by atoms with Crippen LogP contribution in [0.5, 0.6) is 0 Å². The van der Waals surface area contributed by atoms with E-state index in [1.807, 2.05) is 11.4 Å². The molecule has 16 heavy (non-hydrogen) atoms. The molecular formula is C13H20ClNS. The van der Waals surface area contributed by atoms with Crippen LogP contribution in [0.15, 0.2) is 17.0 Å². The average Bonchev–Trinajstić information content (AvgIpc) is 2.57. The highest BCUT2D eigenvalue weighted by Crippen LogP contribution is 2.22. The first-order valence-corrected chi connectivity index (χ1v) is 6.85. The Morgan fingerprint density at radius 2 is 2.19 bits per heavy atom. The Morgan fingerprint density at radius 1 is 1.50 bits per heavy atom. The normalized spacial score (nSPS) is 13.2. The number of nitrogens with one attached hydrogen (secondary N) is 1. The van der Waals surface area contributed by atoms with Crippen molar-refractivity contribution in [2.45, 2.75) is 39.7 Å². The molecule has 0 spiro atoms.